The van der Waals surface area contributed by atoms with E-state index in [9.17, 15) is 4.79 Å². The van der Waals surface area contributed by atoms with Gasteiger partial charge in [0.15, 0.2) is 5.65 Å². The van der Waals surface area contributed by atoms with Gasteiger partial charge in [0.05, 0.1) is 6.20 Å². The first kappa shape index (κ1) is 16.6. The van der Waals surface area contributed by atoms with E-state index >= 15 is 0 Å². The smallest absolute Gasteiger partial charge is 0.256 e. The van der Waals surface area contributed by atoms with Crippen molar-refractivity contribution in [3.05, 3.63) is 29.2 Å². The van der Waals surface area contributed by atoms with Crippen molar-refractivity contribution in [2.45, 2.75) is 77.2 Å². The molecule has 5 nitrogen and oxygen atoms in total. The number of carbonyl (C=O) groups is 1. The van der Waals surface area contributed by atoms with Crippen LogP contribution in [0.1, 0.15) is 79.9 Å². The number of carbonyl (C=O) groups excluding carboxylic acids is 1. The summed E-state index contributed by atoms with van der Waals surface area (Å²) in [7, 11) is 0. The van der Waals surface area contributed by atoms with Gasteiger partial charge in [-0.3, -0.25) is 4.79 Å². The summed E-state index contributed by atoms with van der Waals surface area (Å²) < 4.78 is 1.92. The molecule has 4 rings (SSSR count). The second-order valence-electron chi connectivity index (χ2n) is 7.78. The first-order chi connectivity index (χ1) is 12.2. The Kier molecular flexibility index (Phi) is 4.73. The van der Waals surface area contributed by atoms with Gasteiger partial charge in [-0.1, -0.05) is 32.6 Å². The summed E-state index contributed by atoms with van der Waals surface area (Å²) in [6.07, 6.45) is 15.5. The van der Waals surface area contributed by atoms with Crippen LogP contribution in [0.4, 0.5) is 0 Å². The van der Waals surface area contributed by atoms with E-state index in [0.717, 1.165) is 19.3 Å². The van der Waals surface area contributed by atoms with Crippen molar-refractivity contribution >= 4 is 11.6 Å². The third-order valence-corrected chi connectivity index (χ3v) is 6.00. The van der Waals surface area contributed by atoms with Crippen molar-refractivity contribution < 1.29 is 4.79 Å². The maximum absolute atomic E-state index is 12.8. The van der Waals surface area contributed by atoms with E-state index < -0.39 is 0 Å². The van der Waals surface area contributed by atoms with E-state index in [2.05, 4.69) is 22.3 Å². The topological polar surface area (TPSA) is 59.3 Å². The van der Waals surface area contributed by atoms with Crippen LogP contribution in [0.5, 0.6) is 0 Å². The molecule has 1 saturated carbocycles. The molecule has 0 saturated heterocycles. The predicted octanol–water partition coefficient (Wildman–Crippen LogP) is 3.70. The molecule has 0 aliphatic heterocycles. The van der Waals surface area contributed by atoms with Crippen molar-refractivity contribution in [1.29, 1.82) is 0 Å². The van der Waals surface area contributed by atoms with Crippen LogP contribution in [0.2, 0.25) is 0 Å². The van der Waals surface area contributed by atoms with E-state index in [1.165, 1.54) is 56.2 Å². The third kappa shape index (κ3) is 3.29. The maximum Gasteiger partial charge on any atom is 0.256 e. The molecular weight excluding hydrogens is 312 g/mol. The third-order valence-electron chi connectivity index (χ3n) is 6.00. The lowest BCUT2D eigenvalue weighted by Gasteiger charge is -2.29. The highest BCUT2D eigenvalue weighted by Crippen LogP contribution is 2.25. The fourth-order valence-electron chi connectivity index (χ4n) is 4.39. The van der Waals surface area contributed by atoms with Gasteiger partial charge in [0, 0.05) is 17.9 Å². The van der Waals surface area contributed by atoms with Crippen LogP contribution >= 0.6 is 0 Å². The summed E-state index contributed by atoms with van der Waals surface area (Å²) in [4.78, 5) is 17.4. The van der Waals surface area contributed by atoms with Crippen molar-refractivity contribution in [2.24, 2.45) is 5.92 Å². The van der Waals surface area contributed by atoms with Gasteiger partial charge in [-0.05, 0) is 50.0 Å². The highest BCUT2D eigenvalue weighted by molar-refractivity contribution is 5.99. The monoisotopic (exact) mass is 340 g/mol. The van der Waals surface area contributed by atoms with E-state index in [-0.39, 0.29) is 11.9 Å². The molecule has 134 valence electrons. The minimum Gasteiger partial charge on any atom is -0.349 e. The van der Waals surface area contributed by atoms with Crippen molar-refractivity contribution in [2.75, 3.05) is 0 Å². The number of nitrogens with zero attached hydrogens (tertiary/aromatic N) is 3. The molecule has 1 N–H and O–H groups in total. The zero-order valence-electron chi connectivity index (χ0n) is 15.1. The lowest BCUT2D eigenvalue weighted by atomic mass is 9.86. The number of hydrogen-bond donors (Lipinski definition) is 1. The van der Waals surface area contributed by atoms with Crippen LogP contribution < -0.4 is 5.32 Å². The fourth-order valence-corrected chi connectivity index (χ4v) is 4.39. The predicted molar refractivity (Wildman–Crippen MR) is 97.7 cm³/mol. The highest BCUT2D eigenvalue weighted by Gasteiger charge is 2.25. The summed E-state index contributed by atoms with van der Waals surface area (Å²) in [5.74, 6) is 0.527. The minimum absolute atomic E-state index is 0.0213. The summed E-state index contributed by atoms with van der Waals surface area (Å²) in [6, 6.07) is 0.278. The molecule has 2 aliphatic carbocycles. The molecule has 2 aliphatic rings. The van der Waals surface area contributed by atoms with Gasteiger partial charge in [-0.15, -0.1) is 0 Å². The lowest BCUT2D eigenvalue weighted by Crippen LogP contribution is -2.41. The molecule has 0 spiro atoms. The molecule has 0 radical (unpaired) electrons. The minimum atomic E-state index is -0.0213. The van der Waals surface area contributed by atoms with E-state index in [4.69, 9.17) is 0 Å². The Bertz CT molecular complexity index is 766. The van der Waals surface area contributed by atoms with Crippen LogP contribution in [0.25, 0.3) is 5.65 Å². The number of aromatic nitrogens is 3. The van der Waals surface area contributed by atoms with Gasteiger partial charge in [0.25, 0.3) is 5.91 Å². The fraction of sp³-hybridized carbons (Fsp3) is 0.650. The van der Waals surface area contributed by atoms with Crippen LogP contribution in [-0.2, 0) is 12.8 Å². The Morgan fingerprint density at radius 2 is 1.88 bits per heavy atom. The Morgan fingerprint density at radius 3 is 2.72 bits per heavy atom. The second-order valence-corrected chi connectivity index (χ2v) is 7.78. The average Bonchev–Trinajstić information content (AvgIpc) is 3.01. The van der Waals surface area contributed by atoms with Gasteiger partial charge >= 0.3 is 0 Å². The molecule has 0 unspecified atom stereocenters. The quantitative estimate of drug-likeness (QED) is 0.907. The molecule has 2 atom stereocenters. The summed E-state index contributed by atoms with van der Waals surface area (Å²) in [6.45, 7) is 2.24. The van der Waals surface area contributed by atoms with Crippen molar-refractivity contribution in [1.82, 2.24) is 19.9 Å². The number of hydrogen-bond acceptors (Lipinski definition) is 3. The van der Waals surface area contributed by atoms with Crippen LogP contribution in [0, 0.1) is 5.92 Å². The zero-order chi connectivity index (χ0) is 17.2. The maximum atomic E-state index is 12.8. The molecule has 1 amide bonds. The first-order valence-corrected chi connectivity index (χ1v) is 9.89. The molecule has 2 aromatic rings. The molecule has 1 fully saturated rings. The largest absolute Gasteiger partial charge is 0.349 e. The molecule has 2 heterocycles. The number of rotatable bonds is 2. The van der Waals surface area contributed by atoms with Crippen LogP contribution in [0.3, 0.4) is 0 Å². The number of nitrogens with one attached hydrogen (secondary N) is 1. The van der Waals surface area contributed by atoms with Gasteiger partial charge in [-0.2, -0.15) is 5.10 Å². The Hall–Kier alpha value is -1.91. The average molecular weight is 340 g/mol. The van der Waals surface area contributed by atoms with Gasteiger partial charge in [-0.25, -0.2) is 9.50 Å². The Balaban J connectivity index is 1.62. The van der Waals surface area contributed by atoms with E-state index in [0.29, 0.717) is 17.1 Å². The van der Waals surface area contributed by atoms with Gasteiger partial charge < -0.3 is 5.32 Å². The van der Waals surface area contributed by atoms with Crippen molar-refractivity contribution in [3.63, 3.8) is 0 Å². The molecule has 0 aromatic carbocycles. The molecule has 2 aromatic heterocycles. The second kappa shape index (κ2) is 7.14. The standard InChI is InChI=1S/C20H28N4O/c1-14-8-6-7-10-17(14)23-20(25)16-13-22-24-18-11-5-3-2-4-9-15(18)12-21-19(16)24/h12-14,17H,2-11H2,1H3,(H,23,25)/t14-,17-/m0/s1. The molecular formula is C20H28N4O. The molecule has 0 bridgehead atoms. The van der Waals surface area contributed by atoms with Gasteiger partial charge in [0.1, 0.15) is 5.56 Å². The molecule has 25 heavy (non-hydrogen) atoms. The Morgan fingerprint density at radius 1 is 1.08 bits per heavy atom. The summed E-state index contributed by atoms with van der Waals surface area (Å²) >= 11 is 0. The van der Waals surface area contributed by atoms with E-state index in [1.807, 2.05) is 10.7 Å². The van der Waals surface area contributed by atoms with Crippen LogP contribution in [-0.4, -0.2) is 26.5 Å². The van der Waals surface area contributed by atoms with Gasteiger partial charge in [0.2, 0.25) is 0 Å². The highest BCUT2D eigenvalue weighted by atomic mass is 16.1. The lowest BCUT2D eigenvalue weighted by molar-refractivity contribution is 0.0911. The van der Waals surface area contributed by atoms with Crippen molar-refractivity contribution in [3.8, 4) is 0 Å². The van der Waals surface area contributed by atoms with E-state index in [1.54, 1.807) is 6.20 Å². The normalized spacial score (nSPS) is 24.4. The summed E-state index contributed by atoms with van der Waals surface area (Å²) in [5.41, 5.74) is 3.86. The van der Waals surface area contributed by atoms with Crippen LogP contribution in [0.15, 0.2) is 12.4 Å². The number of aryl methyl sites for hydroxylation is 2. The molecule has 5 heteroatoms. The Labute approximate surface area is 149 Å². The number of amides is 1. The summed E-state index contributed by atoms with van der Waals surface area (Å²) in [5, 5.41) is 7.76. The SMILES string of the molecule is C[C@H]1CCCC[C@@H]1NC(=O)c1cnn2c3c(cnc12)CCCCCC3. The first-order valence-electron chi connectivity index (χ1n) is 9.89. The number of fused-ring (bicyclic) bond motifs is 3. The zero-order valence-corrected chi connectivity index (χ0v) is 15.1.